The van der Waals surface area contributed by atoms with Crippen LogP contribution in [-0.2, 0) is 83.6 Å². The minimum absolute atomic E-state index is 0.00694. The van der Waals surface area contributed by atoms with Gasteiger partial charge in [-0.15, -0.1) is 0 Å². The fourth-order valence-electron chi connectivity index (χ4n) is 11.5. The molecule has 0 aromatic carbocycles. The van der Waals surface area contributed by atoms with Crippen LogP contribution in [0.1, 0.15) is 176 Å². The fraction of sp³-hybridized carbons (Fsp3) is 1.00. The Hall–Kier alpha value is -0.860. The molecule has 0 bridgehead atoms. The van der Waals surface area contributed by atoms with Gasteiger partial charge >= 0.3 is 10.3 Å². The number of ether oxygens (including phenoxy) is 4. The zero-order valence-corrected chi connectivity index (χ0v) is 64.4. The molecule has 2 spiro atoms. The van der Waals surface area contributed by atoms with Crippen molar-refractivity contribution in [1.82, 2.24) is 40.5 Å². The van der Waals surface area contributed by atoms with Crippen molar-refractivity contribution in [3.8, 4) is 0 Å². The van der Waals surface area contributed by atoms with Crippen LogP contribution in [0.2, 0.25) is 0 Å². The lowest BCUT2D eigenvalue weighted by Gasteiger charge is -2.56. The Bertz CT molecular complexity index is 2680. The average Bonchev–Trinajstić information content (AvgIpc) is 0.882. The lowest BCUT2D eigenvalue weighted by Crippen LogP contribution is -2.69. The van der Waals surface area contributed by atoms with Crippen molar-refractivity contribution in [2.24, 2.45) is 0 Å². The van der Waals surface area contributed by atoms with Crippen LogP contribution in [0.4, 0.5) is 0 Å². The van der Waals surface area contributed by atoms with E-state index < -0.39 is 60.4 Å². The van der Waals surface area contributed by atoms with Gasteiger partial charge in [-0.25, -0.2) is 42.1 Å². The number of hydrogen-bond acceptors (Lipinski definition) is 20. The highest BCUT2D eigenvalue weighted by Gasteiger charge is 2.50. The van der Waals surface area contributed by atoms with Gasteiger partial charge in [0, 0.05) is 139 Å². The minimum Gasteiger partial charge on any atom is -0.379 e. The van der Waals surface area contributed by atoms with E-state index >= 15 is 0 Å². The fourth-order valence-corrected chi connectivity index (χ4v) is 21.0. The van der Waals surface area contributed by atoms with Gasteiger partial charge in [-0.3, -0.25) is 18.9 Å². The van der Waals surface area contributed by atoms with Crippen molar-refractivity contribution in [2.75, 3.05) is 147 Å². The molecular weight excluding hydrogens is 1310 g/mol. The Morgan fingerprint density at radius 1 is 0.283 bits per heavy atom. The second-order valence-electron chi connectivity index (χ2n) is 27.8. The van der Waals surface area contributed by atoms with Crippen LogP contribution < -0.4 is 0 Å². The smallest absolute Gasteiger partial charge is 0.338 e. The van der Waals surface area contributed by atoms with Crippen molar-refractivity contribution in [2.45, 2.75) is 242 Å². The Kier molecular flexibility index (Phi) is 35.3. The standard InChI is InChI=1S/C9H17NO.C8H15NO.2C7H15NO2S.C7H15NO.C6H13NO3S.C6H13NO2S.C5H11NO3S.C5H11NO2S/c1-8(2)10-5-6-11-9(7-10)3-4-9;1-7(2)9-5-8(6-9)3-4-10-8;2*1-7(2)8-5-3-4-6-11(8,9)10;1-7(2)8-3-5-9-6-4-8;1-6(2)7-3-4-10-5-11(7,8)9;1-6(2)7-4-3-5-10(7,8)9;1-5(2)6-3-4-9-10(6,7)8;1-5(2)6-3-4-9(6,7)8/h8H,3-7H2,1-2H3;7H,3-6H2,1-2H3;2*7H,3-6H2,1-2H3;7H,3-6H2,1-2H3;6H,3-5H2,1-2H3;6H,3-5H2,1-2H3;5H,3-4H2,1-2H3;5H,3-4H2,1-2H3. The number of morpholine rings is 2. The third kappa shape index (κ3) is 27.7. The van der Waals surface area contributed by atoms with Crippen molar-refractivity contribution >= 4 is 60.4 Å². The van der Waals surface area contributed by atoms with Crippen LogP contribution in [-0.4, -0.2) is 304 Å². The van der Waals surface area contributed by atoms with Crippen molar-refractivity contribution in [3.05, 3.63) is 0 Å². The van der Waals surface area contributed by atoms with Gasteiger partial charge in [0.05, 0.1) is 73.9 Å². The molecule has 0 amide bonds. The molecule has 0 aromatic heterocycles. The maximum Gasteiger partial charge on any atom is 0.338 e. The highest BCUT2D eigenvalue weighted by atomic mass is 32.2. The van der Waals surface area contributed by atoms with E-state index in [4.69, 9.17) is 18.9 Å². The molecule has 0 radical (unpaired) electrons. The molecule has 92 heavy (non-hydrogen) atoms. The predicted molar refractivity (Wildman–Crippen MR) is 366 cm³/mol. The van der Waals surface area contributed by atoms with E-state index in [0.717, 1.165) is 78.2 Å². The number of rotatable bonds is 9. The van der Waals surface area contributed by atoms with Crippen molar-refractivity contribution < 1.29 is 73.6 Å². The second-order valence-corrected chi connectivity index (χ2v) is 39.4. The van der Waals surface area contributed by atoms with Crippen LogP contribution in [0.5, 0.6) is 0 Å². The Morgan fingerprint density at radius 2 is 0.630 bits per heavy atom. The molecule has 0 atom stereocenters. The lowest BCUT2D eigenvalue weighted by atomic mass is 9.85. The summed E-state index contributed by atoms with van der Waals surface area (Å²) in [4.78, 5) is 7.42. The molecule has 0 N–H and O–H groups in total. The number of nitrogens with zero attached hydrogens (tertiary/aromatic N) is 9. The molecule has 0 aromatic rings. The zero-order chi connectivity index (χ0) is 69.8. The van der Waals surface area contributed by atoms with E-state index in [9.17, 15) is 50.5 Å². The average molecular weight is 1440 g/mol. The third-order valence-corrected chi connectivity index (χ3v) is 29.3. The molecule has 0 unspecified atom stereocenters. The summed E-state index contributed by atoms with van der Waals surface area (Å²) >= 11 is 0. The predicted octanol–water partition coefficient (Wildman–Crippen LogP) is 4.95. The first-order valence-electron chi connectivity index (χ1n) is 33.8. The van der Waals surface area contributed by atoms with E-state index in [2.05, 4.69) is 60.4 Å². The van der Waals surface area contributed by atoms with E-state index in [1.54, 1.807) is 12.9 Å². The maximum atomic E-state index is 11.3. The lowest BCUT2D eigenvalue weighted by molar-refractivity contribution is -0.227. The van der Waals surface area contributed by atoms with Crippen LogP contribution in [0.3, 0.4) is 0 Å². The first-order chi connectivity index (χ1) is 42.5. The van der Waals surface area contributed by atoms with Gasteiger partial charge in [0.25, 0.3) is 0 Å². The molecule has 10 heterocycles. The van der Waals surface area contributed by atoms with E-state index in [0.29, 0.717) is 105 Å². The van der Waals surface area contributed by atoms with Crippen LogP contribution in [0.25, 0.3) is 0 Å². The first-order valence-corrected chi connectivity index (χ1v) is 43.2. The summed E-state index contributed by atoms with van der Waals surface area (Å²) < 4.78 is 168. The summed E-state index contributed by atoms with van der Waals surface area (Å²) in [5.41, 5.74) is 0.632. The van der Waals surface area contributed by atoms with Gasteiger partial charge in [-0.05, 0) is 170 Å². The Labute approximate surface area is 559 Å². The SMILES string of the molecule is CC(C)N1CC2(CCO2)C1.CC(C)N1CCCCS1(=O)=O.CC(C)N1CCCCS1(=O)=O.CC(C)N1CCCS1(=O)=O.CC(C)N1CCOC2(CC2)C1.CC(C)N1CCOCC1.CC(C)N1CCOCS1(=O)=O.CC(C)N1CCOS1(=O)=O.CC(C)N1CCS1(=O)=O. The molecule has 1 saturated carbocycles. The van der Waals surface area contributed by atoms with Crippen molar-refractivity contribution in [3.63, 3.8) is 0 Å². The highest BCUT2D eigenvalue weighted by molar-refractivity contribution is 7.90. The molecule has 11 fully saturated rings. The molecular formula is C60H125N9O17S6. The summed E-state index contributed by atoms with van der Waals surface area (Å²) in [5, 5.41) is 0. The number of sulfonamides is 5. The Morgan fingerprint density at radius 3 is 0.880 bits per heavy atom. The molecule has 11 aliphatic rings. The Balaban J connectivity index is 0.000000270. The molecule has 26 nitrogen and oxygen atoms in total. The molecule has 10 saturated heterocycles. The molecule has 11 rings (SSSR count). The summed E-state index contributed by atoms with van der Waals surface area (Å²) in [5.74, 6) is 1.19. The van der Waals surface area contributed by atoms with Crippen molar-refractivity contribution in [1.29, 1.82) is 0 Å². The highest BCUT2D eigenvalue weighted by Crippen LogP contribution is 2.42. The third-order valence-electron chi connectivity index (χ3n) is 17.4. The van der Waals surface area contributed by atoms with E-state index in [-0.39, 0.29) is 42.2 Å². The van der Waals surface area contributed by atoms with Gasteiger partial charge in [0.2, 0.25) is 50.1 Å². The molecule has 1 aliphatic carbocycles. The molecule has 548 valence electrons. The first kappa shape index (κ1) is 85.4. The molecule has 10 aliphatic heterocycles. The maximum absolute atomic E-state index is 11.3. The summed E-state index contributed by atoms with van der Waals surface area (Å²) in [6.07, 6.45) is 8.33. The van der Waals surface area contributed by atoms with Crippen LogP contribution in [0, 0.1) is 0 Å². The summed E-state index contributed by atoms with van der Waals surface area (Å²) in [6, 6.07) is 2.66. The topological polar surface area (TPSA) is 280 Å². The van der Waals surface area contributed by atoms with Gasteiger partial charge in [-0.1, -0.05) is 0 Å². The minimum atomic E-state index is -3.35. The summed E-state index contributed by atoms with van der Waals surface area (Å²) in [6.45, 7) is 51.3. The number of likely N-dealkylation sites (tertiary alicyclic amines) is 1. The van der Waals surface area contributed by atoms with Gasteiger partial charge < -0.3 is 18.9 Å². The molecule has 32 heteroatoms. The van der Waals surface area contributed by atoms with Gasteiger partial charge in [0.1, 0.15) is 0 Å². The summed E-state index contributed by atoms with van der Waals surface area (Å²) in [7, 11) is -17.9. The number of hydrogen-bond donors (Lipinski definition) is 0. The zero-order valence-electron chi connectivity index (χ0n) is 59.5. The second kappa shape index (κ2) is 38.1. The largest absolute Gasteiger partial charge is 0.379 e. The van der Waals surface area contributed by atoms with E-state index in [1.807, 2.05) is 83.1 Å². The normalized spacial score (nSPS) is 26.5. The van der Waals surface area contributed by atoms with Gasteiger partial charge in [0.15, 0.2) is 5.94 Å². The van der Waals surface area contributed by atoms with E-state index in [1.165, 1.54) is 51.8 Å². The van der Waals surface area contributed by atoms with Crippen LogP contribution >= 0.6 is 0 Å². The van der Waals surface area contributed by atoms with Gasteiger partial charge in [-0.2, -0.15) is 34.2 Å². The quantitative estimate of drug-likeness (QED) is 0.295. The van der Waals surface area contributed by atoms with Crippen LogP contribution in [0.15, 0.2) is 0 Å². The monoisotopic (exact) mass is 1440 g/mol.